The quantitative estimate of drug-likeness (QED) is 0.153. The predicted octanol–water partition coefficient (Wildman–Crippen LogP) is -1.35. The summed E-state index contributed by atoms with van der Waals surface area (Å²) in [6, 6.07) is 5.60. The lowest BCUT2D eigenvalue weighted by Crippen LogP contribution is -2.61. The molecule has 15 nitrogen and oxygen atoms in total. The van der Waals surface area contributed by atoms with E-state index in [-0.39, 0.29) is 16.9 Å². The Morgan fingerprint density at radius 2 is 1.52 bits per heavy atom. The van der Waals surface area contributed by atoms with Gasteiger partial charge in [-0.2, -0.15) is 0 Å². The molecule has 0 radical (unpaired) electrons. The minimum absolute atomic E-state index is 0.0818. The first-order valence-corrected chi connectivity index (χ1v) is 12.9. The van der Waals surface area contributed by atoms with Gasteiger partial charge in [-0.15, -0.1) is 0 Å². The van der Waals surface area contributed by atoms with Crippen LogP contribution in [0.4, 0.5) is 0 Å². The summed E-state index contributed by atoms with van der Waals surface area (Å²) in [7, 11) is 0. The third-order valence-corrected chi connectivity index (χ3v) is 7.52. The number of benzene rings is 2. The third kappa shape index (κ3) is 5.04. The first kappa shape index (κ1) is 30.0. The lowest BCUT2D eigenvalue weighted by Gasteiger charge is -2.46. The van der Waals surface area contributed by atoms with E-state index in [1.165, 1.54) is 13.0 Å². The number of hydrogen-bond donors (Lipinski definition) is 10. The van der Waals surface area contributed by atoms with E-state index < -0.39 is 107 Å². The van der Waals surface area contributed by atoms with Gasteiger partial charge in [0.25, 0.3) is 0 Å². The number of hydrogen-bond acceptors (Lipinski definition) is 15. The molecule has 0 bridgehead atoms. The minimum Gasteiger partial charge on any atom is -0.507 e. The van der Waals surface area contributed by atoms with Gasteiger partial charge >= 0.3 is 0 Å². The molecule has 2 saturated heterocycles. The van der Waals surface area contributed by atoms with Gasteiger partial charge in [-0.05, 0) is 25.1 Å². The number of aliphatic hydroxyl groups is 6. The van der Waals surface area contributed by atoms with Gasteiger partial charge in [-0.3, -0.25) is 4.79 Å². The molecule has 5 rings (SSSR count). The molecule has 10 atom stereocenters. The van der Waals surface area contributed by atoms with E-state index in [9.17, 15) is 55.9 Å². The van der Waals surface area contributed by atoms with Crippen LogP contribution in [0.5, 0.6) is 23.0 Å². The number of phenols is 4. The summed E-state index contributed by atoms with van der Waals surface area (Å²) < 4.78 is 22.5. The molecule has 2 unspecified atom stereocenters. The molecule has 228 valence electrons. The first-order chi connectivity index (χ1) is 19.8. The Hall–Kier alpha value is -3.51. The van der Waals surface area contributed by atoms with Gasteiger partial charge in [-0.25, -0.2) is 0 Å². The van der Waals surface area contributed by atoms with Gasteiger partial charge in [0.05, 0.1) is 18.3 Å². The van der Waals surface area contributed by atoms with Crippen molar-refractivity contribution in [2.45, 2.75) is 68.1 Å². The first-order valence-electron chi connectivity index (χ1n) is 12.9. The molecule has 42 heavy (non-hydrogen) atoms. The number of phenolic OH excluding ortho intramolecular Hbond substituents is 4. The fourth-order valence-corrected chi connectivity index (χ4v) is 5.16. The molecule has 3 aromatic rings. The van der Waals surface area contributed by atoms with Crippen molar-refractivity contribution in [1.82, 2.24) is 0 Å². The average molecular weight is 595 g/mol. The zero-order valence-electron chi connectivity index (χ0n) is 21.9. The van der Waals surface area contributed by atoms with Crippen molar-refractivity contribution in [1.29, 1.82) is 0 Å². The Kier molecular flexibility index (Phi) is 8.06. The highest BCUT2D eigenvalue weighted by molar-refractivity contribution is 5.88. The molecule has 15 heteroatoms. The molecule has 3 heterocycles. The Labute approximate surface area is 236 Å². The SMILES string of the molecule is C[C@@H]1O[C@H](O[C@@H]2[C@H](O)C(O)[C@@H](CO)O[C@H]2c2c(O)cc3oc(-c4ccc(O)c(O)c4)cc(=O)c3c2O)[C@@H](O)[C@@H](O)C1O. The van der Waals surface area contributed by atoms with Gasteiger partial charge in [-0.1, -0.05) is 0 Å². The lowest BCUT2D eigenvalue weighted by atomic mass is 9.89. The normalized spacial score (nSPS) is 33.6. The number of aromatic hydroxyl groups is 4. The van der Waals surface area contributed by atoms with Crippen molar-refractivity contribution in [3.8, 4) is 34.3 Å². The maximum atomic E-state index is 13.2. The standard InChI is InChI=1S/C27H30O15/c1-8-19(33)22(36)24(38)27(39-8)42-26-23(37)20(34)16(7-28)41-25(26)18-13(32)6-15-17(21(18)35)12(31)5-14(40-15)9-2-3-10(29)11(30)4-9/h2-6,8,16,19-20,22-30,32-38H,7H2,1H3/t8-,16+,19?,20?,22-,23+,24-,25-,26+,27+/m0/s1. The van der Waals surface area contributed by atoms with Crippen LogP contribution in [-0.2, 0) is 14.2 Å². The van der Waals surface area contributed by atoms with Crippen LogP contribution in [0.15, 0.2) is 39.5 Å². The summed E-state index contributed by atoms with van der Waals surface area (Å²) in [5, 5.41) is 103. The highest BCUT2D eigenvalue weighted by Crippen LogP contribution is 2.46. The van der Waals surface area contributed by atoms with E-state index >= 15 is 0 Å². The molecule has 1 aromatic heterocycles. The summed E-state index contributed by atoms with van der Waals surface area (Å²) in [5.74, 6) is -2.56. The predicted molar refractivity (Wildman–Crippen MR) is 139 cm³/mol. The van der Waals surface area contributed by atoms with Crippen LogP contribution in [0.25, 0.3) is 22.3 Å². The van der Waals surface area contributed by atoms with Crippen LogP contribution in [-0.4, -0.2) is 113 Å². The zero-order chi connectivity index (χ0) is 30.6. The van der Waals surface area contributed by atoms with Crippen LogP contribution in [0.2, 0.25) is 0 Å². The van der Waals surface area contributed by atoms with Gasteiger partial charge in [0.15, 0.2) is 23.2 Å². The highest BCUT2D eigenvalue weighted by atomic mass is 16.7. The Morgan fingerprint density at radius 3 is 2.19 bits per heavy atom. The molecule has 2 aliphatic rings. The summed E-state index contributed by atoms with van der Waals surface area (Å²) in [4.78, 5) is 13.2. The molecular weight excluding hydrogens is 564 g/mol. The number of fused-ring (bicyclic) bond motifs is 1. The van der Waals surface area contributed by atoms with Crippen molar-refractivity contribution >= 4 is 11.0 Å². The van der Waals surface area contributed by atoms with Crippen molar-refractivity contribution in [3.05, 3.63) is 46.1 Å². The van der Waals surface area contributed by atoms with Crippen LogP contribution in [0.1, 0.15) is 18.6 Å². The molecular formula is C27H30O15. The van der Waals surface area contributed by atoms with E-state index in [4.69, 9.17) is 18.6 Å². The lowest BCUT2D eigenvalue weighted by molar-refractivity contribution is -0.338. The summed E-state index contributed by atoms with van der Waals surface area (Å²) in [5.41, 5.74) is -1.42. The second-order valence-corrected chi connectivity index (χ2v) is 10.3. The number of rotatable bonds is 5. The van der Waals surface area contributed by atoms with Crippen LogP contribution in [0, 0.1) is 0 Å². The van der Waals surface area contributed by atoms with Gasteiger partial charge < -0.3 is 69.7 Å². The maximum absolute atomic E-state index is 13.2. The van der Waals surface area contributed by atoms with E-state index in [1.807, 2.05) is 0 Å². The topological polar surface area (TPSA) is 260 Å². The molecule has 2 aromatic carbocycles. The largest absolute Gasteiger partial charge is 0.507 e. The van der Waals surface area contributed by atoms with E-state index in [0.29, 0.717) is 0 Å². The second-order valence-electron chi connectivity index (χ2n) is 10.3. The van der Waals surface area contributed by atoms with Crippen LogP contribution in [0.3, 0.4) is 0 Å². The van der Waals surface area contributed by atoms with Crippen molar-refractivity contribution in [2.24, 2.45) is 0 Å². The molecule has 0 aliphatic carbocycles. The molecule has 0 saturated carbocycles. The maximum Gasteiger partial charge on any atom is 0.197 e. The molecule has 0 amide bonds. The van der Waals surface area contributed by atoms with Gasteiger partial charge in [0.1, 0.15) is 77.1 Å². The Morgan fingerprint density at radius 1 is 0.810 bits per heavy atom. The van der Waals surface area contributed by atoms with Crippen LogP contribution >= 0.6 is 0 Å². The molecule has 10 N–H and O–H groups in total. The van der Waals surface area contributed by atoms with Crippen molar-refractivity contribution in [2.75, 3.05) is 6.61 Å². The second kappa shape index (κ2) is 11.3. The number of aliphatic hydroxyl groups excluding tert-OH is 6. The monoisotopic (exact) mass is 594 g/mol. The fraction of sp³-hybridized carbons (Fsp3) is 0.444. The summed E-state index contributed by atoms with van der Waals surface area (Å²) >= 11 is 0. The smallest absolute Gasteiger partial charge is 0.197 e. The van der Waals surface area contributed by atoms with E-state index in [0.717, 1.165) is 24.3 Å². The van der Waals surface area contributed by atoms with Crippen molar-refractivity contribution in [3.63, 3.8) is 0 Å². The summed E-state index contributed by atoms with van der Waals surface area (Å²) in [6.07, 6.45) is -16.3. The zero-order valence-corrected chi connectivity index (χ0v) is 21.9. The van der Waals surface area contributed by atoms with Gasteiger partial charge in [0, 0.05) is 17.7 Å². The molecule has 2 aliphatic heterocycles. The van der Waals surface area contributed by atoms with Crippen LogP contribution < -0.4 is 5.43 Å². The Bertz CT molecular complexity index is 1520. The van der Waals surface area contributed by atoms with Gasteiger partial charge in [0.2, 0.25) is 0 Å². The summed E-state index contributed by atoms with van der Waals surface area (Å²) in [6.45, 7) is 0.568. The fourth-order valence-electron chi connectivity index (χ4n) is 5.16. The van der Waals surface area contributed by atoms with E-state index in [1.54, 1.807) is 0 Å². The van der Waals surface area contributed by atoms with E-state index in [2.05, 4.69) is 0 Å². The minimum atomic E-state index is -1.88. The number of ether oxygens (including phenoxy) is 3. The third-order valence-electron chi connectivity index (χ3n) is 7.52. The average Bonchev–Trinajstić information content (AvgIpc) is 2.94. The van der Waals surface area contributed by atoms with Crippen molar-refractivity contribution < 1.29 is 69.7 Å². The highest BCUT2D eigenvalue weighted by Gasteiger charge is 2.51. The Balaban J connectivity index is 1.59. The molecule has 0 spiro atoms. The molecule has 2 fully saturated rings.